The Morgan fingerprint density at radius 2 is 2.24 bits per heavy atom. The second-order valence-corrected chi connectivity index (χ2v) is 4.81. The average Bonchev–Trinajstić information content (AvgIpc) is 2.90. The molecule has 1 amide bonds. The molecule has 1 atom stereocenters. The van der Waals surface area contributed by atoms with Crippen LogP contribution in [0.3, 0.4) is 0 Å². The number of benzene rings is 1. The molecule has 2 rings (SSSR count). The predicted molar refractivity (Wildman–Crippen MR) is 81.2 cm³/mol. The third kappa shape index (κ3) is 3.54. The zero-order valence-corrected chi connectivity index (χ0v) is 12.3. The first-order valence-corrected chi connectivity index (χ1v) is 7.14. The van der Waals surface area contributed by atoms with Crippen molar-refractivity contribution in [1.82, 2.24) is 10.3 Å². The van der Waals surface area contributed by atoms with E-state index in [9.17, 15) is 4.79 Å². The fourth-order valence-electron chi connectivity index (χ4n) is 2.18. The second kappa shape index (κ2) is 6.80. The van der Waals surface area contributed by atoms with Crippen LogP contribution in [-0.2, 0) is 0 Å². The molecule has 1 unspecified atom stereocenters. The van der Waals surface area contributed by atoms with Crippen LogP contribution < -0.4 is 10.1 Å². The van der Waals surface area contributed by atoms with E-state index < -0.39 is 6.04 Å². The fourth-order valence-corrected chi connectivity index (χ4v) is 2.18. The Bertz CT molecular complexity index is 670. The second-order valence-electron chi connectivity index (χ2n) is 4.81. The van der Waals surface area contributed by atoms with Crippen molar-refractivity contribution < 1.29 is 9.53 Å². The summed E-state index contributed by atoms with van der Waals surface area (Å²) in [4.78, 5) is 15.2. The van der Waals surface area contributed by atoms with Crippen LogP contribution in [0.25, 0.3) is 10.9 Å². The molecule has 110 valence electrons. The maximum atomic E-state index is 12.1. The first-order valence-electron chi connectivity index (χ1n) is 7.14. The van der Waals surface area contributed by atoms with E-state index in [4.69, 9.17) is 10.00 Å². The van der Waals surface area contributed by atoms with Crippen molar-refractivity contribution in [3.63, 3.8) is 0 Å². The first kappa shape index (κ1) is 14.9. The summed E-state index contributed by atoms with van der Waals surface area (Å²) < 4.78 is 5.43. The maximum Gasteiger partial charge on any atom is 0.268 e. The molecule has 1 aromatic carbocycles. The smallest absolute Gasteiger partial charge is 0.268 e. The lowest BCUT2D eigenvalue weighted by atomic mass is 10.2. The molecule has 2 N–H and O–H groups in total. The van der Waals surface area contributed by atoms with Gasteiger partial charge in [-0.2, -0.15) is 5.26 Å². The van der Waals surface area contributed by atoms with Crippen molar-refractivity contribution in [1.29, 1.82) is 5.26 Å². The van der Waals surface area contributed by atoms with Gasteiger partial charge >= 0.3 is 0 Å². The van der Waals surface area contributed by atoms with Crippen molar-refractivity contribution in [2.24, 2.45) is 0 Å². The van der Waals surface area contributed by atoms with Crippen LogP contribution in [0, 0.1) is 11.3 Å². The van der Waals surface area contributed by atoms with Gasteiger partial charge in [-0.3, -0.25) is 4.79 Å². The van der Waals surface area contributed by atoms with Gasteiger partial charge in [-0.15, -0.1) is 0 Å². The van der Waals surface area contributed by atoms with Crippen LogP contribution >= 0.6 is 0 Å². The summed E-state index contributed by atoms with van der Waals surface area (Å²) in [7, 11) is 0. The molecule has 0 saturated heterocycles. The summed E-state index contributed by atoms with van der Waals surface area (Å²) in [5.41, 5.74) is 1.30. The highest BCUT2D eigenvalue weighted by Crippen LogP contribution is 2.21. The predicted octanol–water partition coefficient (Wildman–Crippen LogP) is 2.99. The molecule has 5 nitrogen and oxygen atoms in total. The number of nitriles is 1. The SMILES string of the molecule is CCCC(C#N)NC(=O)c1cc2ccc(OCC)cc2[nH]1. The monoisotopic (exact) mass is 285 g/mol. The quantitative estimate of drug-likeness (QED) is 0.856. The third-order valence-corrected chi connectivity index (χ3v) is 3.19. The number of carbonyl (C=O) groups is 1. The number of aromatic nitrogens is 1. The molecule has 5 heteroatoms. The number of hydrogen-bond acceptors (Lipinski definition) is 3. The van der Waals surface area contributed by atoms with Gasteiger partial charge in [0.25, 0.3) is 5.91 Å². The Hall–Kier alpha value is -2.48. The Balaban J connectivity index is 2.18. The van der Waals surface area contributed by atoms with Gasteiger partial charge < -0.3 is 15.0 Å². The van der Waals surface area contributed by atoms with E-state index in [0.717, 1.165) is 23.1 Å². The minimum Gasteiger partial charge on any atom is -0.494 e. The van der Waals surface area contributed by atoms with Gasteiger partial charge in [-0.05, 0) is 31.5 Å². The maximum absolute atomic E-state index is 12.1. The largest absolute Gasteiger partial charge is 0.494 e. The normalized spacial score (nSPS) is 11.9. The van der Waals surface area contributed by atoms with Crippen LogP contribution in [0.2, 0.25) is 0 Å². The van der Waals surface area contributed by atoms with E-state index >= 15 is 0 Å². The van der Waals surface area contributed by atoms with Crippen LogP contribution in [-0.4, -0.2) is 23.5 Å². The summed E-state index contributed by atoms with van der Waals surface area (Å²) in [6.45, 7) is 4.50. The zero-order chi connectivity index (χ0) is 15.2. The highest BCUT2D eigenvalue weighted by atomic mass is 16.5. The van der Waals surface area contributed by atoms with E-state index in [1.165, 1.54) is 0 Å². The minimum atomic E-state index is -0.451. The molecule has 0 fully saturated rings. The third-order valence-electron chi connectivity index (χ3n) is 3.19. The number of nitrogens with zero attached hydrogens (tertiary/aromatic N) is 1. The van der Waals surface area contributed by atoms with Crippen LogP contribution in [0.5, 0.6) is 5.75 Å². The number of nitrogens with one attached hydrogen (secondary N) is 2. The molecule has 0 aliphatic carbocycles. The van der Waals surface area contributed by atoms with E-state index in [1.807, 2.05) is 32.0 Å². The minimum absolute atomic E-state index is 0.260. The lowest BCUT2D eigenvalue weighted by Gasteiger charge is -2.08. The Labute approximate surface area is 123 Å². The Morgan fingerprint density at radius 1 is 1.43 bits per heavy atom. The first-order chi connectivity index (χ1) is 10.2. The molecule has 0 radical (unpaired) electrons. The summed E-state index contributed by atoms with van der Waals surface area (Å²) in [6.07, 6.45) is 1.50. The zero-order valence-electron chi connectivity index (χ0n) is 12.3. The fraction of sp³-hybridized carbons (Fsp3) is 0.375. The molecular weight excluding hydrogens is 266 g/mol. The van der Waals surface area contributed by atoms with Crippen LogP contribution in [0.1, 0.15) is 37.2 Å². The summed E-state index contributed by atoms with van der Waals surface area (Å²) in [6, 6.07) is 9.07. The highest BCUT2D eigenvalue weighted by Gasteiger charge is 2.14. The molecular formula is C16H19N3O2. The average molecular weight is 285 g/mol. The number of hydrogen-bond donors (Lipinski definition) is 2. The van der Waals surface area contributed by atoms with Crippen molar-refractivity contribution in [2.45, 2.75) is 32.7 Å². The molecule has 21 heavy (non-hydrogen) atoms. The molecule has 0 spiro atoms. The standard InChI is InChI=1S/C16H19N3O2/c1-3-5-12(10-17)18-16(20)15-8-11-6-7-13(21-4-2)9-14(11)19-15/h6-9,12,19H,3-5H2,1-2H3,(H,18,20). The molecule has 0 aliphatic heterocycles. The lowest BCUT2D eigenvalue weighted by Crippen LogP contribution is -2.33. The number of aromatic amines is 1. The molecule has 2 aromatic rings. The molecule has 1 aromatic heterocycles. The van der Waals surface area contributed by atoms with Gasteiger partial charge in [0.15, 0.2) is 0 Å². The Kier molecular flexibility index (Phi) is 4.83. The van der Waals surface area contributed by atoms with E-state index in [1.54, 1.807) is 6.07 Å². The van der Waals surface area contributed by atoms with E-state index in [2.05, 4.69) is 16.4 Å². The number of fused-ring (bicyclic) bond motifs is 1. The van der Waals surface area contributed by atoms with E-state index in [0.29, 0.717) is 18.7 Å². The molecule has 0 bridgehead atoms. The molecule has 0 saturated carbocycles. The number of rotatable bonds is 6. The number of H-pyrrole nitrogens is 1. The van der Waals surface area contributed by atoms with Gasteiger partial charge in [-0.25, -0.2) is 0 Å². The Morgan fingerprint density at radius 3 is 2.90 bits per heavy atom. The van der Waals surface area contributed by atoms with Crippen molar-refractivity contribution in [3.05, 3.63) is 30.0 Å². The van der Waals surface area contributed by atoms with Gasteiger partial charge in [0, 0.05) is 17.0 Å². The molecule has 1 heterocycles. The number of carbonyl (C=O) groups excluding carboxylic acids is 1. The van der Waals surface area contributed by atoms with Gasteiger partial charge in [0.05, 0.1) is 12.7 Å². The van der Waals surface area contributed by atoms with Crippen molar-refractivity contribution in [2.75, 3.05) is 6.61 Å². The molecule has 0 aliphatic rings. The van der Waals surface area contributed by atoms with E-state index in [-0.39, 0.29) is 5.91 Å². The highest BCUT2D eigenvalue weighted by molar-refractivity contribution is 5.98. The van der Waals surface area contributed by atoms with Gasteiger partial charge in [0.1, 0.15) is 17.5 Å². The summed E-state index contributed by atoms with van der Waals surface area (Å²) in [5.74, 6) is 0.504. The lowest BCUT2D eigenvalue weighted by molar-refractivity contribution is 0.0939. The van der Waals surface area contributed by atoms with Crippen LogP contribution in [0.15, 0.2) is 24.3 Å². The van der Waals surface area contributed by atoms with Crippen LogP contribution in [0.4, 0.5) is 0 Å². The summed E-state index contributed by atoms with van der Waals surface area (Å²) in [5, 5.41) is 12.7. The van der Waals surface area contributed by atoms with Crippen molar-refractivity contribution in [3.8, 4) is 11.8 Å². The van der Waals surface area contributed by atoms with Gasteiger partial charge in [-0.1, -0.05) is 13.3 Å². The topological polar surface area (TPSA) is 77.9 Å². The number of ether oxygens (including phenoxy) is 1. The van der Waals surface area contributed by atoms with Gasteiger partial charge in [0.2, 0.25) is 0 Å². The summed E-state index contributed by atoms with van der Waals surface area (Å²) >= 11 is 0. The van der Waals surface area contributed by atoms with Crippen molar-refractivity contribution >= 4 is 16.8 Å². The number of amides is 1.